The first kappa shape index (κ1) is 16.5. The van der Waals surface area contributed by atoms with Gasteiger partial charge < -0.3 is 0 Å². The molecule has 64 valence electrons. The van der Waals surface area contributed by atoms with Gasteiger partial charge in [0.2, 0.25) is 0 Å². The normalized spacial score (nSPS) is 7.45. The summed E-state index contributed by atoms with van der Waals surface area (Å²) in [4.78, 5) is 0. The Labute approximate surface area is 71.0 Å². The van der Waals surface area contributed by atoms with Crippen LogP contribution < -0.4 is 0 Å². The fourth-order valence-electron chi connectivity index (χ4n) is 0.228. The molecule has 11 heavy (non-hydrogen) atoms. The summed E-state index contributed by atoms with van der Waals surface area (Å²) in [6, 6.07) is 1.94. The van der Waals surface area contributed by atoms with Crippen LogP contribution in [0.2, 0.25) is 0 Å². The van der Waals surface area contributed by atoms with Crippen molar-refractivity contribution in [3.05, 3.63) is 24.3 Å². The maximum absolute atomic E-state index is 8.14. The lowest BCUT2D eigenvalue weighted by atomic mass is 10.3. The molecule has 0 heterocycles. The van der Waals surface area contributed by atoms with Gasteiger partial charge in [0.25, 0.3) is 0 Å². The number of rotatable bonds is 1. The van der Waals surface area contributed by atoms with Crippen LogP contribution in [0, 0.1) is 11.3 Å². The molecule has 0 amide bonds. The molecule has 1 heteroatoms. The third-order valence-corrected chi connectivity index (χ3v) is 0.660. The molecule has 0 radical (unpaired) electrons. The van der Waals surface area contributed by atoms with Gasteiger partial charge in [-0.1, -0.05) is 46.4 Å². The Morgan fingerprint density at radius 2 is 1.64 bits per heavy atom. The summed E-state index contributed by atoms with van der Waals surface area (Å²) < 4.78 is 0. The van der Waals surface area contributed by atoms with E-state index in [2.05, 4.69) is 6.58 Å². The van der Waals surface area contributed by atoms with Crippen LogP contribution in [0.5, 0.6) is 0 Å². The molecule has 0 N–H and O–H groups in total. The van der Waals surface area contributed by atoms with E-state index in [0.29, 0.717) is 5.57 Å². The number of nitrogens with zero attached hydrogens (tertiary/aromatic N) is 1. The SMILES string of the molecule is C=C/C(C#N)=C\C.CC.CC. The second-order valence-electron chi connectivity index (χ2n) is 1.06. The monoisotopic (exact) mass is 153 g/mol. The molecule has 0 rings (SSSR count). The van der Waals surface area contributed by atoms with Gasteiger partial charge in [-0.05, 0) is 6.92 Å². The molecule has 0 saturated heterocycles. The lowest BCUT2D eigenvalue weighted by Crippen LogP contribution is -1.62. The first-order chi connectivity index (χ1) is 5.35. The van der Waals surface area contributed by atoms with Gasteiger partial charge in [-0.15, -0.1) is 0 Å². The number of hydrogen-bond donors (Lipinski definition) is 0. The predicted molar refractivity (Wildman–Crippen MR) is 52.3 cm³/mol. The molecule has 0 aliphatic heterocycles. The fourth-order valence-corrected chi connectivity index (χ4v) is 0.228. The van der Waals surface area contributed by atoms with Gasteiger partial charge in [0.15, 0.2) is 0 Å². The van der Waals surface area contributed by atoms with Crippen LogP contribution in [-0.4, -0.2) is 0 Å². The largest absolute Gasteiger partial charge is 0.192 e. The zero-order valence-corrected chi connectivity index (χ0v) is 8.31. The first-order valence-electron chi connectivity index (χ1n) is 4.04. The minimum atomic E-state index is 0.625. The van der Waals surface area contributed by atoms with Gasteiger partial charge in [-0.3, -0.25) is 0 Å². The van der Waals surface area contributed by atoms with E-state index in [0.717, 1.165) is 0 Å². The van der Waals surface area contributed by atoms with Crippen LogP contribution in [0.4, 0.5) is 0 Å². The van der Waals surface area contributed by atoms with Crippen LogP contribution in [0.1, 0.15) is 34.6 Å². The van der Waals surface area contributed by atoms with E-state index in [1.54, 1.807) is 13.0 Å². The zero-order valence-electron chi connectivity index (χ0n) is 8.31. The summed E-state index contributed by atoms with van der Waals surface area (Å²) >= 11 is 0. The molecule has 0 aliphatic carbocycles. The average molecular weight is 153 g/mol. The van der Waals surface area contributed by atoms with Gasteiger partial charge in [-0.2, -0.15) is 5.26 Å². The Morgan fingerprint density at radius 1 is 1.27 bits per heavy atom. The van der Waals surface area contributed by atoms with Crippen molar-refractivity contribution in [2.24, 2.45) is 0 Å². The summed E-state index contributed by atoms with van der Waals surface area (Å²) in [6.45, 7) is 13.2. The molecule has 0 aromatic heterocycles. The molecule has 0 atom stereocenters. The van der Waals surface area contributed by atoms with Gasteiger partial charge in [0, 0.05) is 5.57 Å². The second-order valence-corrected chi connectivity index (χ2v) is 1.06. The summed E-state index contributed by atoms with van der Waals surface area (Å²) in [7, 11) is 0. The van der Waals surface area contributed by atoms with E-state index in [1.165, 1.54) is 6.08 Å². The predicted octanol–water partition coefficient (Wildman–Crippen LogP) is 3.69. The summed E-state index contributed by atoms with van der Waals surface area (Å²) in [5, 5.41) is 8.14. The molecule has 0 aliphatic rings. The number of nitriles is 1. The molecule has 0 fully saturated rings. The highest BCUT2D eigenvalue weighted by molar-refractivity contribution is 5.30. The lowest BCUT2D eigenvalue weighted by Gasteiger charge is -1.74. The van der Waals surface area contributed by atoms with Crippen molar-refractivity contribution in [2.45, 2.75) is 34.6 Å². The van der Waals surface area contributed by atoms with Crippen molar-refractivity contribution in [1.29, 1.82) is 5.26 Å². The van der Waals surface area contributed by atoms with Crippen LogP contribution in [0.15, 0.2) is 24.3 Å². The van der Waals surface area contributed by atoms with E-state index in [9.17, 15) is 0 Å². The highest BCUT2D eigenvalue weighted by atomic mass is 14.2. The van der Waals surface area contributed by atoms with Crippen molar-refractivity contribution < 1.29 is 0 Å². The van der Waals surface area contributed by atoms with Crippen LogP contribution >= 0.6 is 0 Å². The van der Waals surface area contributed by atoms with E-state index < -0.39 is 0 Å². The zero-order chi connectivity index (χ0) is 9.70. The maximum atomic E-state index is 8.14. The van der Waals surface area contributed by atoms with E-state index >= 15 is 0 Å². The maximum Gasteiger partial charge on any atom is 0.0987 e. The van der Waals surface area contributed by atoms with Crippen LogP contribution in [0.25, 0.3) is 0 Å². The Bertz CT molecular complexity index is 126. The Balaban J connectivity index is -0.000000138. The van der Waals surface area contributed by atoms with Gasteiger partial charge in [-0.25, -0.2) is 0 Å². The fraction of sp³-hybridized carbons (Fsp3) is 0.500. The van der Waals surface area contributed by atoms with Crippen molar-refractivity contribution in [1.82, 2.24) is 0 Å². The molecule has 0 bridgehead atoms. The third kappa shape index (κ3) is 17.6. The highest BCUT2D eigenvalue weighted by Gasteiger charge is 1.76. The average Bonchev–Trinajstić information content (AvgIpc) is 2.14. The van der Waals surface area contributed by atoms with Crippen molar-refractivity contribution in [2.75, 3.05) is 0 Å². The number of hydrogen-bond acceptors (Lipinski definition) is 1. The number of allylic oxidation sites excluding steroid dienone is 3. The summed E-state index contributed by atoms with van der Waals surface area (Å²) in [6.07, 6.45) is 3.24. The Hall–Kier alpha value is -1.03. The Kier molecular flexibility index (Phi) is 34.6. The van der Waals surface area contributed by atoms with Crippen molar-refractivity contribution in [3.8, 4) is 6.07 Å². The Morgan fingerprint density at radius 3 is 1.64 bits per heavy atom. The molecule has 0 saturated carbocycles. The van der Waals surface area contributed by atoms with Gasteiger partial charge >= 0.3 is 0 Å². The van der Waals surface area contributed by atoms with Crippen LogP contribution in [-0.2, 0) is 0 Å². The quantitative estimate of drug-likeness (QED) is 0.416. The van der Waals surface area contributed by atoms with Gasteiger partial charge in [0.05, 0.1) is 6.07 Å². The second kappa shape index (κ2) is 23.1. The summed E-state index contributed by atoms with van der Waals surface area (Å²) in [5.41, 5.74) is 0.625. The topological polar surface area (TPSA) is 23.8 Å². The van der Waals surface area contributed by atoms with Crippen molar-refractivity contribution >= 4 is 0 Å². The molecule has 0 unspecified atom stereocenters. The first-order valence-corrected chi connectivity index (χ1v) is 4.04. The lowest BCUT2D eigenvalue weighted by molar-refractivity contribution is 1.49. The minimum absolute atomic E-state index is 0.625. The molecular formula is C10H19N. The van der Waals surface area contributed by atoms with Crippen LogP contribution in [0.3, 0.4) is 0 Å². The highest BCUT2D eigenvalue weighted by Crippen LogP contribution is 1.88. The molecular weight excluding hydrogens is 134 g/mol. The van der Waals surface area contributed by atoms with E-state index in [-0.39, 0.29) is 0 Å². The smallest absolute Gasteiger partial charge is 0.0987 e. The third-order valence-electron chi connectivity index (χ3n) is 0.660. The molecule has 1 nitrogen and oxygen atoms in total. The molecule has 0 spiro atoms. The standard InChI is InChI=1S/C6H7N.2C2H6/c1-3-6(4-2)5-7;2*1-2/h3-4H,1H2,2H3;2*1-2H3/b6-4+;;. The molecule has 0 aromatic carbocycles. The molecule has 0 aromatic rings. The minimum Gasteiger partial charge on any atom is -0.192 e. The van der Waals surface area contributed by atoms with Gasteiger partial charge in [0.1, 0.15) is 0 Å². The van der Waals surface area contributed by atoms with Crippen molar-refractivity contribution in [3.63, 3.8) is 0 Å². The van der Waals surface area contributed by atoms with E-state index in [1.807, 2.05) is 33.8 Å². The summed E-state index contributed by atoms with van der Waals surface area (Å²) in [5.74, 6) is 0. The van der Waals surface area contributed by atoms with E-state index in [4.69, 9.17) is 5.26 Å².